The molecule has 5 nitrogen and oxygen atoms in total. The van der Waals surface area contributed by atoms with Crippen molar-refractivity contribution >= 4 is 10.0 Å². The molecule has 0 saturated carbocycles. The van der Waals surface area contributed by atoms with Gasteiger partial charge in [0.1, 0.15) is 12.1 Å². The Morgan fingerprint density at radius 1 is 1.19 bits per heavy atom. The largest absolute Gasteiger partial charge is 0.240 e. The molecule has 0 amide bonds. The van der Waals surface area contributed by atoms with Crippen LogP contribution >= 0.6 is 0 Å². The van der Waals surface area contributed by atoms with Crippen LogP contribution in [0.4, 0.5) is 4.39 Å². The van der Waals surface area contributed by atoms with Gasteiger partial charge < -0.3 is 0 Å². The first-order valence-electron chi connectivity index (χ1n) is 6.44. The van der Waals surface area contributed by atoms with Gasteiger partial charge in [-0.05, 0) is 44.2 Å². The molecular weight excluding hydrogens is 293 g/mol. The van der Waals surface area contributed by atoms with Crippen LogP contribution in [0.1, 0.15) is 19.5 Å². The van der Waals surface area contributed by atoms with Crippen LogP contribution in [0.25, 0.3) is 11.3 Å². The SMILES string of the molecule is CC(C)S(=O)(=O)NCc1cc(-c2ccc(F)cc2)ncn1. The molecule has 1 aromatic carbocycles. The number of nitrogens with one attached hydrogen (secondary N) is 1. The highest BCUT2D eigenvalue weighted by molar-refractivity contribution is 7.90. The Kier molecular flexibility index (Phi) is 4.64. The molecule has 1 heterocycles. The lowest BCUT2D eigenvalue weighted by atomic mass is 10.1. The van der Waals surface area contributed by atoms with E-state index in [1.807, 2.05) is 0 Å². The van der Waals surface area contributed by atoms with Crippen molar-refractivity contribution in [2.24, 2.45) is 0 Å². The highest BCUT2D eigenvalue weighted by atomic mass is 32.2. The zero-order valence-electron chi connectivity index (χ0n) is 11.7. The van der Waals surface area contributed by atoms with E-state index in [4.69, 9.17) is 0 Å². The fraction of sp³-hybridized carbons (Fsp3) is 0.286. The van der Waals surface area contributed by atoms with Gasteiger partial charge in [0.15, 0.2) is 0 Å². The van der Waals surface area contributed by atoms with Crippen LogP contribution in [-0.2, 0) is 16.6 Å². The number of benzene rings is 1. The minimum Gasteiger partial charge on any atom is -0.240 e. The Morgan fingerprint density at radius 2 is 1.86 bits per heavy atom. The number of hydrogen-bond donors (Lipinski definition) is 1. The van der Waals surface area contributed by atoms with E-state index < -0.39 is 15.3 Å². The average Bonchev–Trinajstić information content (AvgIpc) is 2.46. The molecule has 0 radical (unpaired) electrons. The number of nitrogens with zero attached hydrogens (tertiary/aromatic N) is 2. The lowest BCUT2D eigenvalue weighted by Crippen LogP contribution is -2.30. The molecule has 0 saturated heterocycles. The fourth-order valence-corrected chi connectivity index (χ4v) is 2.30. The molecule has 21 heavy (non-hydrogen) atoms. The van der Waals surface area contributed by atoms with Crippen LogP contribution in [0.15, 0.2) is 36.7 Å². The van der Waals surface area contributed by atoms with Gasteiger partial charge in [-0.15, -0.1) is 0 Å². The monoisotopic (exact) mass is 309 g/mol. The van der Waals surface area contributed by atoms with Gasteiger partial charge in [-0.1, -0.05) is 0 Å². The predicted octanol–water partition coefficient (Wildman–Crippen LogP) is 2.11. The normalized spacial score (nSPS) is 11.8. The minimum absolute atomic E-state index is 0.0945. The van der Waals surface area contributed by atoms with Gasteiger partial charge in [0.05, 0.1) is 23.2 Å². The molecule has 1 aromatic heterocycles. The maximum Gasteiger partial charge on any atom is 0.214 e. The summed E-state index contributed by atoms with van der Waals surface area (Å²) in [5.74, 6) is -0.322. The number of rotatable bonds is 5. The second kappa shape index (κ2) is 6.28. The first kappa shape index (κ1) is 15.5. The van der Waals surface area contributed by atoms with Crippen molar-refractivity contribution < 1.29 is 12.8 Å². The standard InChI is InChI=1S/C14H16FN3O2S/c1-10(2)21(19,20)18-8-13-7-14(17-9-16-13)11-3-5-12(15)6-4-11/h3-7,9-10,18H,8H2,1-2H3. The highest BCUT2D eigenvalue weighted by Crippen LogP contribution is 2.17. The number of halogens is 1. The second-order valence-electron chi connectivity index (χ2n) is 4.82. The third-order valence-electron chi connectivity index (χ3n) is 2.94. The Morgan fingerprint density at radius 3 is 2.48 bits per heavy atom. The predicted molar refractivity (Wildman–Crippen MR) is 78.3 cm³/mol. The summed E-state index contributed by atoms with van der Waals surface area (Å²) in [4.78, 5) is 8.14. The van der Waals surface area contributed by atoms with E-state index >= 15 is 0 Å². The second-order valence-corrected chi connectivity index (χ2v) is 7.14. The quantitative estimate of drug-likeness (QED) is 0.918. The molecule has 2 aromatic rings. The van der Waals surface area contributed by atoms with Gasteiger partial charge in [0.2, 0.25) is 10.0 Å². The van der Waals surface area contributed by atoms with E-state index in [1.54, 1.807) is 32.0 Å². The zero-order chi connectivity index (χ0) is 15.5. The third-order valence-corrected chi connectivity index (χ3v) is 4.73. The minimum atomic E-state index is -3.34. The first-order valence-corrected chi connectivity index (χ1v) is 7.98. The smallest absolute Gasteiger partial charge is 0.214 e. The van der Waals surface area contributed by atoms with Crippen molar-refractivity contribution in [3.05, 3.63) is 48.2 Å². The molecule has 2 rings (SSSR count). The molecule has 0 spiro atoms. The lowest BCUT2D eigenvalue weighted by molar-refractivity contribution is 0.571. The summed E-state index contributed by atoms with van der Waals surface area (Å²) >= 11 is 0. The molecule has 0 atom stereocenters. The van der Waals surface area contributed by atoms with E-state index in [1.165, 1.54) is 18.5 Å². The van der Waals surface area contributed by atoms with Crippen LogP contribution in [-0.4, -0.2) is 23.6 Å². The first-order chi connectivity index (χ1) is 9.88. The highest BCUT2D eigenvalue weighted by Gasteiger charge is 2.15. The van der Waals surface area contributed by atoms with Crippen molar-refractivity contribution in [3.63, 3.8) is 0 Å². The molecule has 7 heteroatoms. The average molecular weight is 309 g/mol. The Balaban J connectivity index is 2.17. The number of hydrogen-bond acceptors (Lipinski definition) is 4. The molecule has 112 valence electrons. The molecule has 0 aliphatic heterocycles. The summed E-state index contributed by atoms with van der Waals surface area (Å²) in [6.07, 6.45) is 1.36. The molecule has 0 aliphatic carbocycles. The zero-order valence-corrected chi connectivity index (χ0v) is 12.6. The third kappa shape index (κ3) is 4.05. The van der Waals surface area contributed by atoms with Crippen molar-refractivity contribution in [2.75, 3.05) is 0 Å². The molecule has 0 bridgehead atoms. The van der Waals surface area contributed by atoms with E-state index in [-0.39, 0.29) is 12.4 Å². The molecular formula is C14H16FN3O2S. The van der Waals surface area contributed by atoms with Crippen molar-refractivity contribution in [1.82, 2.24) is 14.7 Å². The van der Waals surface area contributed by atoms with Gasteiger partial charge in [-0.2, -0.15) is 0 Å². The van der Waals surface area contributed by atoms with Gasteiger partial charge >= 0.3 is 0 Å². The maximum atomic E-state index is 12.9. The van der Waals surface area contributed by atoms with Crippen molar-refractivity contribution in [3.8, 4) is 11.3 Å². The van der Waals surface area contributed by atoms with E-state index in [2.05, 4.69) is 14.7 Å². The summed E-state index contributed by atoms with van der Waals surface area (Å²) < 4.78 is 38.8. The van der Waals surface area contributed by atoms with Crippen molar-refractivity contribution in [1.29, 1.82) is 0 Å². The maximum absolute atomic E-state index is 12.9. The Labute approximate surface area is 123 Å². The van der Waals surface area contributed by atoms with Crippen LogP contribution in [0.5, 0.6) is 0 Å². The number of aromatic nitrogens is 2. The van der Waals surface area contributed by atoms with Crippen LogP contribution < -0.4 is 4.72 Å². The molecule has 0 unspecified atom stereocenters. The summed E-state index contributed by atoms with van der Waals surface area (Å²) in [6.45, 7) is 3.30. The van der Waals surface area contributed by atoms with Gasteiger partial charge in [-0.25, -0.2) is 27.5 Å². The van der Waals surface area contributed by atoms with Gasteiger partial charge in [0.25, 0.3) is 0 Å². The van der Waals surface area contributed by atoms with Crippen LogP contribution in [0.3, 0.4) is 0 Å². The number of sulfonamides is 1. The Bertz CT molecular complexity index is 715. The van der Waals surface area contributed by atoms with Gasteiger partial charge in [-0.3, -0.25) is 0 Å². The summed E-state index contributed by atoms with van der Waals surface area (Å²) in [5.41, 5.74) is 1.91. The Hall–Kier alpha value is -1.86. The van der Waals surface area contributed by atoms with Crippen molar-refractivity contribution in [2.45, 2.75) is 25.6 Å². The molecule has 0 fully saturated rings. The lowest BCUT2D eigenvalue weighted by Gasteiger charge is -2.09. The summed E-state index contributed by atoms with van der Waals surface area (Å²) in [5, 5.41) is -0.504. The van der Waals surface area contributed by atoms with E-state index in [9.17, 15) is 12.8 Å². The molecule has 0 aliphatic rings. The topological polar surface area (TPSA) is 72.0 Å². The fourth-order valence-electron chi connectivity index (χ4n) is 1.61. The van der Waals surface area contributed by atoms with Crippen LogP contribution in [0.2, 0.25) is 0 Å². The van der Waals surface area contributed by atoms with E-state index in [0.29, 0.717) is 11.4 Å². The van der Waals surface area contributed by atoms with Gasteiger partial charge in [0, 0.05) is 5.56 Å². The van der Waals surface area contributed by atoms with Crippen LogP contribution in [0, 0.1) is 5.82 Å². The summed E-state index contributed by atoms with van der Waals surface area (Å²) in [6, 6.07) is 7.59. The summed E-state index contributed by atoms with van der Waals surface area (Å²) in [7, 11) is -3.34. The van der Waals surface area contributed by atoms with E-state index in [0.717, 1.165) is 5.56 Å². The molecule has 1 N–H and O–H groups in total.